The third kappa shape index (κ3) is 5.34. The van der Waals surface area contributed by atoms with Gasteiger partial charge in [-0.15, -0.1) is 0 Å². The van der Waals surface area contributed by atoms with Crippen LogP contribution in [-0.2, 0) is 4.79 Å². The number of nitrogens with one attached hydrogen (secondary N) is 1. The second-order valence-electron chi connectivity index (χ2n) is 5.39. The minimum atomic E-state index is -0.453. The number of carbonyl (C=O) groups is 1. The van der Waals surface area contributed by atoms with Crippen LogP contribution < -0.4 is 24.4 Å². The molecule has 2 aromatic carbocycles. The molecule has 0 aliphatic heterocycles. The fourth-order valence-corrected chi connectivity index (χ4v) is 2.21. The van der Waals surface area contributed by atoms with Crippen LogP contribution in [0.4, 0.5) is 4.39 Å². The maximum Gasteiger partial charge on any atom is 0.277 e. The smallest absolute Gasteiger partial charge is 0.277 e. The molecule has 2 aromatic rings. The summed E-state index contributed by atoms with van der Waals surface area (Å²) in [5.74, 6) is 0.980. The third-order valence-electron chi connectivity index (χ3n) is 3.61. The van der Waals surface area contributed by atoms with Crippen LogP contribution in [0.5, 0.6) is 23.0 Å². The van der Waals surface area contributed by atoms with E-state index < -0.39 is 5.91 Å². The number of nitrogens with zero attached hydrogens (tertiary/aromatic N) is 1. The second kappa shape index (κ2) is 9.42. The second-order valence-corrected chi connectivity index (χ2v) is 5.39. The fraction of sp³-hybridized carbons (Fsp3) is 0.263. The Morgan fingerprint density at radius 2 is 1.63 bits per heavy atom. The lowest BCUT2D eigenvalue weighted by Gasteiger charge is -2.14. The van der Waals surface area contributed by atoms with Crippen LogP contribution >= 0.6 is 0 Å². The van der Waals surface area contributed by atoms with E-state index in [2.05, 4.69) is 10.5 Å². The van der Waals surface area contributed by atoms with Crippen molar-refractivity contribution in [2.24, 2.45) is 5.10 Å². The van der Waals surface area contributed by atoms with Crippen LogP contribution in [0.1, 0.15) is 12.5 Å². The number of ether oxygens (including phenoxy) is 4. The molecule has 0 unspecified atom stereocenters. The Morgan fingerprint density at radius 3 is 2.15 bits per heavy atom. The Morgan fingerprint density at radius 1 is 1.04 bits per heavy atom. The summed E-state index contributed by atoms with van der Waals surface area (Å²) in [6.07, 6.45) is 0. The van der Waals surface area contributed by atoms with Crippen LogP contribution in [0, 0.1) is 5.82 Å². The van der Waals surface area contributed by atoms with Gasteiger partial charge < -0.3 is 18.9 Å². The van der Waals surface area contributed by atoms with Crippen molar-refractivity contribution in [1.29, 1.82) is 0 Å². The summed E-state index contributed by atoms with van der Waals surface area (Å²) in [6, 6.07) is 8.82. The first-order chi connectivity index (χ1) is 13.0. The molecule has 2 rings (SSSR count). The predicted octanol–water partition coefficient (Wildman–Crippen LogP) is 2.77. The molecule has 0 heterocycles. The normalized spacial score (nSPS) is 10.9. The van der Waals surface area contributed by atoms with E-state index in [4.69, 9.17) is 18.9 Å². The van der Waals surface area contributed by atoms with Gasteiger partial charge in [-0.1, -0.05) is 0 Å². The van der Waals surface area contributed by atoms with Gasteiger partial charge in [0.15, 0.2) is 18.1 Å². The first-order valence-electron chi connectivity index (χ1n) is 8.00. The van der Waals surface area contributed by atoms with Gasteiger partial charge in [-0.05, 0) is 43.3 Å². The fourth-order valence-electron chi connectivity index (χ4n) is 2.21. The maximum absolute atomic E-state index is 12.8. The first-order valence-corrected chi connectivity index (χ1v) is 8.00. The molecule has 8 heteroatoms. The third-order valence-corrected chi connectivity index (χ3v) is 3.61. The highest BCUT2D eigenvalue weighted by Gasteiger charge is 2.14. The summed E-state index contributed by atoms with van der Waals surface area (Å²) in [5, 5.41) is 4.05. The highest BCUT2D eigenvalue weighted by molar-refractivity contribution is 6.00. The Labute approximate surface area is 156 Å². The Hall–Kier alpha value is -3.29. The molecule has 144 valence electrons. The van der Waals surface area contributed by atoms with Crippen LogP contribution in [-0.4, -0.2) is 39.6 Å². The molecule has 0 saturated carbocycles. The molecule has 7 nitrogen and oxygen atoms in total. The van der Waals surface area contributed by atoms with Gasteiger partial charge in [0.1, 0.15) is 11.6 Å². The van der Waals surface area contributed by atoms with E-state index >= 15 is 0 Å². The number of benzene rings is 2. The van der Waals surface area contributed by atoms with E-state index in [0.29, 0.717) is 34.3 Å². The number of amides is 1. The van der Waals surface area contributed by atoms with Crippen LogP contribution in [0.2, 0.25) is 0 Å². The number of methoxy groups -OCH3 is 3. The van der Waals surface area contributed by atoms with Crippen molar-refractivity contribution in [2.75, 3.05) is 27.9 Å². The molecule has 0 spiro atoms. The zero-order valence-corrected chi connectivity index (χ0v) is 15.5. The number of hydrogen-bond acceptors (Lipinski definition) is 6. The SMILES string of the molecule is COc1cc(/C(C)=N\NC(=O)COc2ccc(F)cc2)cc(OC)c1OC. The van der Waals surface area contributed by atoms with Crippen LogP contribution in [0.15, 0.2) is 41.5 Å². The van der Waals surface area contributed by atoms with Gasteiger partial charge >= 0.3 is 0 Å². The molecule has 0 aromatic heterocycles. The Balaban J connectivity index is 2.03. The topological polar surface area (TPSA) is 78.4 Å². The van der Waals surface area contributed by atoms with Gasteiger partial charge in [-0.25, -0.2) is 9.82 Å². The first kappa shape index (κ1) is 20.0. The Bertz CT molecular complexity index is 796. The summed E-state index contributed by atoms with van der Waals surface area (Å²) in [7, 11) is 4.55. The number of hydrogen-bond donors (Lipinski definition) is 1. The summed E-state index contributed by atoms with van der Waals surface area (Å²) < 4.78 is 34.0. The minimum absolute atomic E-state index is 0.252. The largest absolute Gasteiger partial charge is 0.493 e. The lowest BCUT2D eigenvalue weighted by atomic mass is 10.1. The summed E-state index contributed by atoms with van der Waals surface area (Å²) in [4.78, 5) is 11.9. The van der Waals surface area contributed by atoms with Crippen LogP contribution in [0.3, 0.4) is 0 Å². The maximum atomic E-state index is 12.8. The molecule has 27 heavy (non-hydrogen) atoms. The van der Waals surface area contributed by atoms with Crippen molar-refractivity contribution < 1.29 is 28.1 Å². The molecular formula is C19H21FN2O5. The Kier molecular flexibility index (Phi) is 6.99. The zero-order chi connectivity index (χ0) is 19.8. The van der Waals surface area contributed by atoms with E-state index in [-0.39, 0.29) is 12.4 Å². The van der Waals surface area contributed by atoms with Gasteiger partial charge in [-0.2, -0.15) is 5.10 Å². The highest BCUT2D eigenvalue weighted by Crippen LogP contribution is 2.38. The van der Waals surface area contributed by atoms with Gasteiger partial charge in [0.2, 0.25) is 5.75 Å². The van der Waals surface area contributed by atoms with E-state index in [9.17, 15) is 9.18 Å². The molecule has 1 N–H and O–H groups in total. The minimum Gasteiger partial charge on any atom is -0.493 e. The lowest BCUT2D eigenvalue weighted by molar-refractivity contribution is -0.123. The van der Waals surface area contributed by atoms with Gasteiger partial charge in [0, 0.05) is 5.56 Å². The standard InChI is InChI=1S/C19H21FN2O5/c1-12(13-9-16(24-2)19(26-4)17(10-13)25-3)21-22-18(23)11-27-15-7-5-14(20)6-8-15/h5-10H,11H2,1-4H3,(H,22,23)/b21-12-. The average molecular weight is 376 g/mol. The van der Waals surface area contributed by atoms with Gasteiger partial charge in [-0.3, -0.25) is 4.79 Å². The van der Waals surface area contributed by atoms with Crippen molar-refractivity contribution in [1.82, 2.24) is 5.43 Å². The summed E-state index contributed by atoms with van der Waals surface area (Å²) in [5.41, 5.74) is 3.62. The van der Waals surface area contributed by atoms with Gasteiger partial charge in [0.05, 0.1) is 27.0 Å². The molecule has 1 amide bonds. The molecular weight excluding hydrogens is 355 g/mol. The van der Waals surface area contributed by atoms with Crippen molar-refractivity contribution in [2.45, 2.75) is 6.92 Å². The predicted molar refractivity (Wildman–Crippen MR) is 98.3 cm³/mol. The molecule has 0 bridgehead atoms. The van der Waals surface area contributed by atoms with Crippen molar-refractivity contribution >= 4 is 11.6 Å². The van der Waals surface area contributed by atoms with Crippen molar-refractivity contribution in [3.63, 3.8) is 0 Å². The number of hydrazone groups is 1. The van der Waals surface area contributed by atoms with E-state index in [0.717, 1.165) is 0 Å². The lowest BCUT2D eigenvalue weighted by Crippen LogP contribution is -2.25. The average Bonchev–Trinajstić information content (AvgIpc) is 2.70. The molecule has 0 atom stereocenters. The zero-order valence-electron chi connectivity index (χ0n) is 15.5. The van der Waals surface area contributed by atoms with Crippen molar-refractivity contribution in [3.05, 3.63) is 47.8 Å². The van der Waals surface area contributed by atoms with Gasteiger partial charge in [0.25, 0.3) is 5.91 Å². The number of carbonyl (C=O) groups excluding carboxylic acids is 1. The van der Waals surface area contributed by atoms with E-state index in [1.807, 2.05) is 0 Å². The molecule has 0 fully saturated rings. The summed E-state index contributed by atoms with van der Waals surface area (Å²) >= 11 is 0. The molecule has 0 radical (unpaired) electrons. The van der Waals surface area contributed by atoms with E-state index in [1.54, 1.807) is 19.1 Å². The number of halogens is 1. The molecule has 0 aliphatic rings. The van der Waals surface area contributed by atoms with E-state index in [1.165, 1.54) is 45.6 Å². The van der Waals surface area contributed by atoms with Crippen molar-refractivity contribution in [3.8, 4) is 23.0 Å². The molecule has 0 saturated heterocycles. The quantitative estimate of drug-likeness (QED) is 0.566. The van der Waals surface area contributed by atoms with Crippen LogP contribution in [0.25, 0.3) is 0 Å². The summed E-state index contributed by atoms with van der Waals surface area (Å²) in [6.45, 7) is 1.47. The molecule has 0 aliphatic carbocycles. The highest BCUT2D eigenvalue weighted by atomic mass is 19.1. The number of rotatable bonds is 8. The monoisotopic (exact) mass is 376 g/mol.